The van der Waals surface area contributed by atoms with Gasteiger partial charge in [-0.05, 0) is 43.9 Å². The van der Waals surface area contributed by atoms with Crippen molar-refractivity contribution in [2.24, 2.45) is 0 Å². The Morgan fingerprint density at radius 2 is 2.10 bits per heavy atom. The highest BCUT2D eigenvalue weighted by Gasteiger charge is 2.57. The topological polar surface area (TPSA) is 91.4 Å². The van der Waals surface area contributed by atoms with Crippen molar-refractivity contribution in [3.63, 3.8) is 0 Å². The molecule has 3 heterocycles. The first-order valence-corrected chi connectivity index (χ1v) is 13.1. The van der Waals surface area contributed by atoms with Crippen molar-refractivity contribution in [2.45, 2.75) is 42.5 Å². The molecule has 0 aliphatic carbocycles. The van der Waals surface area contributed by atoms with Crippen molar-refractivity contribution >= 4 is 57.7 Å². The van der Waals surface area contributed by atoms with Gasteiger partial charge in [-0.2, -0.15) is 11.8 Å². The third kappa shape index (κ3) is 4.20. The lowest BCUT2D eigenvalue weighted by molar-refractivity contribution is -0.130. The highest BCUT2D eigenvalue weighted by molar-refractivity contribution is 8.01. The molecular weight excluding hydrogens is 452 g/mol. The predicted molar refractivity (Wildman–Crippen MR) is 126 cm³/mol. The smallest absolute Gasteiger partial charge is 0.256 e. The van der Waals surface area contributed by atoms with E-state index in [0.29, 0.717) is 17.1 Å². The largest absolute Gasteiger partial charge is 0.342 e. The van der Waals surface area contributed by atoms with Gasteiger partial charge >= 0.3 is 0 Å². The number of nitrogens with zero attached hydrogens (tertiary/aromatic N) is 2. The lowest BCUT2D eigenvalue weighted by atomic mass is 10.00. The maximum absolute atomic E-state index is 13.5. The summed E-state index contributed by atoms with van der Waals surface area (Å²) < 4.78 is -0.492. The Morgan fingerprint density at radius 3 is 2.81 bits per heavy atom. The van der Waals surface area contributed by atoms with Crippen LogP contribution >= 0.6 is 34.9 Å². The monoisotopic (exact) mass is 476 g/mol. The predicted octanol–water partition coefficient (Wildman–Crippen LogP) is 3.37. The molecule has 10 heteroatoms. The van der Waals surface area contributed by atoms with E-state index in [0.717, 1.165) is 11.3 Å². The summed E-state index contributed by atoms with van der Waals surface area (Å²) in [6.07, 6.45) is 4.06. The molecular formula is C21H24N4O3S3. The second kappa shape index (κ2) is 8.84. The summed E-state index contributed by atoms with van der Waals surface area (Å²) in [6.45, 7) is 3.95. The zero-order valence-electron chi connectivity index (χ0n) is 17.5. The average Bonchev–Trinajstić information content (AvgIpc) is 3.41. The van der Waals surface area contributed by atoms with Crippen LogP contribution in [0.2, 0.25) is 0 Å². The number of amides is 3. The number of benzene rings is 1. The number of carbonyl (C=O) groups is 3. The first-order chi connectivity index (χ1) is 14.8. The first kappa shape index (κ1) is 22.2. The Kier molecular flexibility index (Phi) is 6.32. The molecule has 1 saturated heterocycles. The van der Waals surface area contributed by atoms with Gasteiger partial charge in [-0.1, -0.05) is 18.2 Å². The van der Waals surface area contributed by atoms with E-state index in [1.807, 2.05) is 38.3 Å². The second-order valence-electron chi connectivity index (χ2n) is 7.95. The van der Waals surface area contributed by atoms with E-state index < -0.39 is 16.8 Å². The van der Waals surface area contributed by atoms with Crippen molar-refractivity contribution in [1.82, 2.24) is 15.2 Å². The number of hydrogen-bond acceptors (Lipinski definition) is 7. The molecule has 1 aromatic heterocycles. The molecule has 2 aliphatic rings. The van der Waals surface area contributed by atoms with Crippen LogP contribution in [0, 0.1) is 0 Å². The normalized spacial score (nSPS) is 22.0. The SMILES string of the molecule is CSCCC(NC(=O)C1N2C(=O)c3ccccc3C2SC1(C)C)C(=O)Nc1nccs1. The number of nitrogens with one attached hydrogen (secondary N) is 2. The lowest BCUT2D eigenvalue weighted by Crippen LogP contribution is -2.56. The van der Waals surface area contributed by atoms with Crippen molar-refractivity contribution in [2.75, 3.05) is 17.3 Å². The van der Waals surface area contributed by atoms with Crippen molar-refractivity contribution in [3.8, 4) is 0 Å². The van der Waals surface area contributed by atoms with Gasteiger partial charge in [-0.3, -0.25) is 14.4 Å². The zero-order valence-corrected chi connectivity index (χ0v) is 19.9. The molecule has 7 nitrogen and oxygen atoms in total. The third-order valence-electron chi connectivity index (χ3n) is 5.45. The Hall–Kier alpha value is -2.04. The number of hydrogen-bond donors (Lipinski definition) is 2. The first-order valence-electron chi connectivity index (χ1n) is 9.92. The van der Waals surface area contributed by atoms with Gasteiger partial charge in [-0.15, -0.1) is 23.1 Å². The van der Waals surface area contributed by atoms with Gasteiger partial charge in [0.1, 0.15) is 17.5 Å². The highest BCUT2D eigenvalue weighted by atomic mass is 32.2. The van der Waals surface area contributed by atoms with Crippen molar-refractivity contribution in [3.05, 3.63) is 47.0 Å². The van der Waals surface area contributed by atoms with Gasteiger partial charge in [0.25, 0.3) is 5.91 Å². The van der Waals surface area contributed by atoms with Gasteiger partial charge < -0.3 is 15.5 Å². The van der Waals surface area contributed by atoms with E-state index in [2.05, 4.69) is 15.6 Å². The molecule has 3 unspecified atom stereocenters. The molecule has 2 N–H and O–H groups in total. The molecule has 3 atom stereocenters. The molecule has 0 radical (unpaired) electrons. The van der Waals surface area contributed by atoms with Crippen LogP contribution in [-0.4, -0.2) is 56.4 Å². The van der Waals surface area contributed by atoms with E-state index in [1.165, 1.54) is 11.3 Å². The quantitative estimate of drug-likeness (QED) is 0.637. The Labute approximate surface area is 193 Å². The number of carbonyl (C=O) groups excluding carboxylic acids is 3. The van der Waals surface area contributed by atoms with Crippen LogP contribution in [0.1, 0.15) is 41.6 Å². The molecule has 1 fully saturated rings. The number of thioether (sulfide) groups is 2. The molecule has 1 aromatic carbocycles. The summed E-state index contributed by atoms with van der Waals surface area (Å²) >= 11 is 4.54. The van der Waals surface area contributed by atoms with Crippen LogP contribution in [0.4, 0.5) is 5.13 Å². The minimum absolute atomic E-state index is 0.133. The minimum Gasteiger partial charge on any atom is -0.342 e. The molecule has 4 rings (SSSR count). The summed E-state index contributed by atoms with van der Waals surface area (Å²) in [7, 11) is 0. The standard InChI is InChI=1S/C21H24N4O3S3/c1-21(2)15(25-18(28)12-6-4-5-7-13(12)19(25)31-21)17(27)23-14(8-10-29-3)16(26)24-20-22-9-11-30-20/h4-7,9,11,14-15,19H,8,10H2,1-3H3,(H,23,27)(H,22,24,26). The summed E-state index contributed by atoms with van der Waals surface area (Å²) in [5.74, 6) is -0.0166. The van der Waals surface area contributed by atoms with Crippen molar-refractivity contribution < 1.29 is 14.4 Å². The van der Waals surface area contributed by atoms with Gasteiger partial charge in [-0.25, -0.2) is 4.98 Å². The highest BCUT2D eigenvalue weighted by Crippen LogP contribution is 2.56. The van der Waals surface area contributed by atoms with Crippen LogP contribution in [0.15, 0.2) is 35.8 Å². The molecule has 0 spiro atoms. The maximum atomic E-state index is 13.5. The van der Waals surface area contributed by atoms with Gasteiger partial charge in [0.15, 0.2) is 5.13 Å². The van der Waals surface area contributed by atoms with Crippen LogP contribution in [0.25, 0.3) is 0 Å². The fourth-order valence-electron chi connectivity index (χ4n) is 4.04. The molecule has 2 aromatic rings. The molecule has 164 valence electrons. The average molecular weight is 477 g/mol. The lowest BCUT2D eigenvalue weighted by Gasteiger charge is -2.31. The molecule has 2 aliphatic heterocycles. The zero-order chi connectivity index (χ0) is 22.2. The van der Waals surface area contributed by atoms with Crippen LogP contribution in [0.5, 0.6) is 0 Å². The Balaban J connectivity index is 1.55. The molecule has 31 heavy (non-hydrogen) atoms. The number of anilines is 1. The van der Waals surface area contributed by atoms with Gasteiger partial charge in [0, 0.05) is 21.9 Å². The molecule has 3 amide bonds. The van der Waals surface area contributed by atoms with Gasteiger partial charge in [0.05, 0.1) is 0 Å². The number of aromatic nitrogens is 1. The molecule has 0 saturated carbocycles. The second-order valence-corrected chi connectivity index (χ2v) is 11.6. The van der Waals surface area contributed by atoms with Crippen LogP contribution in [-0.2, 0) is 9.59 Å². The summed E-state index contributed by atoms with van der Waals surface area (Å²) in [4.78, 5) is 45.2. The van der Waals surface area contributed by atoms with E-state index in [9.17, 15) is 14.4 Å². The van der Waals surface area contributed by atoms with E-state index in [-0.39, 0.29) is 23.1 Å². The number of rotatable bonds is 7. The Bertz CT molecular complexity index is 996. The maximum Gasteiger partial charge on any atom is 0.256 e. The fraction of sp³-hybridized carbons (Fsp3) is 0.429. The number of fused-ring (bicyclic) bond motifs is 3. The van der Waals surface area contributed by atoms with E-state index >= 15 is 0 Å². The Morgan fingerprint density at radius 1 is 1.32 bits per heavy atom. The molecule has 0 bridgehead atoms. The van der Waals surface area contributed by atoms with E-state index in [1.54, 1.807) is 46.1 Å². The van der Waals surface area contributed by atoms with Crippen molar-refractivity contribution in [1.29, 1.82) is 0 Å². The fourth-order valence-corrected chi connectivity index (χ4v) is 6.63. The van der Waals surface area contributed by atoms with E-state index in [4.69, 9.17) is 0 Å². The minimum atomic E-state index is -0.705. The number of thiazole rings is 1. The summed E-state index contributed by atoms with van der Waals surface area (Å²) in [5.41, 5.74) is 1.59. The van der Waals surface area contributed by atoms with Crippen LogP contribution < -0.4 is 10.6 Å². The third-order valence-corrected chi connectivity index (χ3v) is 8.32. The summed E-state index contributed by atoms with van der Waals surface area (Å²) in [6, 6.07) is 6.13. The van der Waals surface area contributed by atoms with Gasteiger partial charge in [0.2, 0.25) is 11.8 Å². The summed E-state index contributed by atoms with van der Waals surface area (Å²) in [5, 5.41) is 7.78. The van der Waals surface area contributed by atoms with Crippen LogP contribution in [0.3, 0.4) is 0 Å².